The molecule has 0 saturated carbocycles. The van der Waals surface area contributed by atoms with E-state index in [2.05, 4.69) is 4.98 Å². The number of nitrogens with one attached hydrogen (secondary N) is 1. The monoisotopic (exact) mass is 329 g/mol. The van der Waals surface area contributed by atoms with E-state index in [1.807, 2.05) is 0 Å². The molecule has 1 saturated heterocycles. The van der Waals surface area contributed by atoms with Crippen LogP contribution in [0, 0.1) is 0 Å². The van der Waals surface area contributed by atoms with Crippen molar-refractivity contribution in [2.24, 2.45) is 0 Å². The second kappa shape index (κ2) is 6.04. The average molecular weight is 330 g/mol. The molecular weight excluding hydrogens is 314 g/mol. The summed E-state index contributed by atoms with van der Waals surface area (Å²) in [6.45, 7) is -0.506. The smallest absolute Gasteiger partial charge is 0.229 e. The Morgan fingerprint density at radius 1 is 1.18 bits per heavy atom. The van der Waals surface area contributed by atoms with Crippen LogP contribution in [0.25, 0.3) is 10.9 Å². The summed E-state index contributed by atoms with van der Waals surface area (Å²) in [4.78, 5) is 2.97. The second-order valence-electron chi connectivity index (χ2n) is 5.16. The Balaban J connectivity index is 1.84. The Bertz CT molecular complexity index is 660. The number of fused-ring (bicyclic) bond motifs is 1. The van der Waals surface area contributed by atoms with Gasteiger partial charge in [0.2, 0.25) is 6.29 Å². The van der Waals surface area contributed by atoms with Crippen LogP contribution in [0.2, 0.25) is 5.02 Å². The fourth-order valence-electron chi connectivity index (χ4n) is 2.46. The second-order valence-corrected chi connectivity index (χ2v) is 5.59. The van der Waals surface area contributed by atoms with Crippen LogP contribution in [0.15, 0.2) is 24.4 Å². The predicted molar refractivity (Wildman–Crippen MR) is 77.7 cm³/mol. The van der Waals surface area contributed by atoms with E-state index in [-0.39, 0.29) is 0 Å². The molecule has 3 rings (SSSR count). The van der Waals surface area contributed by atoms with Crippen LogP contribution in [0.4, 0.5) is 0 Å². The zero-order valence-electron chi connectivity index (χ0n) is 11.4. The molecule has 0 spiro atoms. The lowest BCUT2D eigenvalue weighted by Crippen LogP contribution is -2.60. The number of benzene rings is 1. The molecule has 1 aromatic carbocycles. The first-order chi connectivity index (χ1) is 10.5. The van der Waals surface area contributed by atoms with E-state index in [1.54, 1.807) is 24.4 Å². The molecule has 0 aliphatic carbocycles. The summed E-state index contributed by atoms with van der Waals surface area (Å²) >= 11 is 5.90. The number of hydrogen-bond donors (Lipinski definition) is 5. The van der Waals surface area contributed by atoms with Crippen LogP contribution in [-0.2, 0) is 4.74 Å². The third-order valence-corrected chi connectivity index (χ3v) is 3.93. The molecule has 22 heavy (non-hydrogen) atoms. The zero-order valence-corrected chi connectivity index (χ0v) is 12.1. The highest BCUT2D eigenvalue weighted by Gasteiger charge is 2.44. The van der Waals surface area contributed by atoms with E-state index in [1.165, 1.54) is 0 Å². The van der Waals surface area contributed by atoms with Crippen molar-refractivity contribution in [2.45, 2.75) is 30.7 Å². The van der Waals surface area contributed by atoms with Crippen molar-refractivity contribution in [2.75, 3.05) is 6.61 Å². The molecule has 8 heteroatoms. The Hall–Kier alpha value is -1.35. The lowest BCUT2D eigenvalue weighted by Gasteiger charge is -2.39. The molecular formula is C14H16ClNO6. The van der Waals surface area contributed by atoms with Gasteiger partial charge in [-0.15, -0.1) is 0 Å². The zero-order chi connectivity index (χ0) is 15.9. The molecule has 5 atom stereocenters. The fourth-order valence-corrected chi connectivity index (χ4v) is 2.63. The summed E-state index contributed by atoms with van der Waals surface area (Å²) in [5, 5.41) is 39.9. The molecule has 1 aromatic heterocycles. The van der Waals surface area contributed by atoms with Crippen molar-refractivity contribution < 1.29 is 29.9 Å². The third-order valence-electron chi connectivity index (χ3n) is 3.70. The van der Waals surface area contributed by atoms with Gasteiger partial charge in [-0.2, -0.15) is 0 Å². The summed E-state index contributed by atoms with van der Waals surface area (Å²) in [5.74, 6) is 0.399. The van der Waals surface area contributed by atoms with Gasteiger partial charge in [0.25, 0.3) is 0 Å². The maximum atomic E-state index is 9.96. The highest BCUT2D eigenvalue weighted by molar-refractivity contribution is 6.31. The number of aromatic amines is 1. The Morgan fingerprint density at radius 3 is 2.68 bits per heavy atom. The molecule has 5 N–H and O–H groups in total. The van der Waals surface area contributed by atoms with Crippen LogP contribution in [0.1, 0.15) is 0 Å². The lowest BCUT2D eigenvalue weighted by molar-refractivity contribution is -0.277. The van der Waals surface area contributed by atoms with E-state index in [0.717, 1.165) is 10.9 Å². The average Bonchev–Trinajstić information content (AvgIpc) is 2.90. The van der Waals surface area contributed by atoms with Gasteiger partial charge < -0.3 is 34.9 Å². The molecule has 120 valence electrons. The first-order valence-corrected chi connectivity index (χ1v) is 7.13. The van der Waals surface area contributed by atoms with Crippen molar-refractivity contribution in [3.8, 4) is 5.75 Å². The van der Waals surface area contributed by atoms with Gasteiger partial charge >= 0.3 is 0 Å². The number of hydrogen-bond acceptors (Lipinski definition) is 6. The number of ether oxygens (including phenoxy) is 2. The van der Waals surface area contributed by atoms with Crippen molar-refractivity contribution in [3.63, 3.8) is 0 Å². The van der Waals surface area contributed by atoms with Gasteiger partial charge in [0.1, 0.15) is 30.2 Å². The summed E-state index contributed by atoms with van der Waals surface area (Å²) in [5.41, 5.74) is 0.743. The van der Waals surface area contributed by atoms with Gasteiger partial charge in [-0.25, -0.2) is 0 Å². The minimum Gasteiger partial charge on any atom is -0.460 e. The maximum Gasteiger partial charge on any atom is 0.229 e. The Morgan fingerprint density at radius 2 is 1.95 bits per heavy atom. The van der Waals surface area contributed by atoms with Crippen LogP contribution in [0.3, 0.4) is 0 Å². The van der Waals surface area contributed by atoms with Gasteiger partial charge in [0, 0.05) is 16.6 Å². The largest absolute Gasteiger partial charge is 0.460 e. The number of aliphatic hydroxyl groups is 4. The van der Waals surface area contributed by atoms with Crippen LogP contribution in [-0.4, -0.2) is 62.7 Å². The number of aromatic nitrogens is 1. The normalized spacial score (nSPS) is 32.3. The van der Waals surface area contributed by atoms with E-state index < -0.39 is 37.3 Å². The van der Waals surface area contributed by atoms with Crippen molar-refractivity contribution in [1.29, 1.82) is 0 Å². The van der Waals surface area contributed by atoms with E-state index in [9.17, 15) is 15.3 Å². The quantitative estimate of drug-likeness (QED) is 0.541. The molecule has 0 amide bonds. The maximum absolute atomic E-state index is 9.96. The van der Waals surface area contributed by atoms with Crippen molar-refractivity contribution in [1.82, 2.24) is 4.98 Å². The number of rotatable bonds is 3. The standard InChI is InChI=1S/C14H16ClNO6/c15-6-1-2-7-8(3-6)16-4-9(7)21-14-13(20)12(19)11(18)10(5-17)22-14/h1-4,10-14,16-20H,5H2/t10-,11+,12-,13-,14+/m1/s1. The topological polar surface area (TPSA) is 115 Å². The molecule has 1 aliphatic rings. The first kappa shape index (κ1) is 15.5. The van der Waals surface area contributed by atoms with Gasteiger partial charge in [-0.05, 0) is 18.2 Å². The van der Waals surface area contributed by atoms with Gasteiger partial charge in [-0.3, -0.25) is 0 Å². The summed E-state index contributed by atoms with van der Waals surface area (Å²) in [7, 11) is 0. The fraction of sp³-hybridized carbons (Fsp3) is 0.429. The molecule has 7 nitrogen and oxygen atoms in total. The number of aliphatic hydroxyl groups excluding tert-OH is 4. The van der Waals surface area contributed by atoms with Crippen LogP contribution in [0.5, 0.6) is 5.75 Å². The van der Waals surface area contributed by atoms with Gasteiger partial charge in [0.05, 0.1) is 12.1 Å². The number of H-pyrrole nitrogens is 1. The number of halogens is 1. The molecule has 0 radical (unpaired) electrons. The first-order valence-electron chi connectivity index (χ1n) is 6.75. The summed E-state index contributed by atoms with van der Waals surface area (Å²) in [6, 6.07) is 5.16. The van der Waals surface area contributed by atoms with E-state index in [4.69, 9.17) is 26.2 Å². The molecule has 2 aromatic rings. The third kappa shape index (κ3) is 2.67. The highest BCUT2D eigenvalue weighted by atomic mass is 35.5. The molecule has 0 bridgehead atoms. The van der Waals surface area contributed by atoms with E-state index in [0.29, 0.717) is 10.8 Å². The Kier molecular flexibility index (Phi) is 4.26. The lowest BCUT2D eigenvalue weighted by atomic mass is 9.99. The Labute approximate surface area is 130 Å². The summed E-state index contributed by atoms with van der Waals surface area (Å²) in [6.07, 6.45) is -5.00. The van der Waals surface area contributed by atoms with Gasteiger partial charge in [0.15, 0.2) is 0 Å². The SMILES string of the molecule is OC[C@H]1O[C@H](Oc2c[nH]c3cc(Cl)ccc23)[C@H](O)[C@H](O)[C@H]1O. The van der Waals surface area contributed by atoms with Crippen molar-refractivity contribution in [3.05, 3.63) is 29.4 Å². The highest BCUT2D eigenvalue weighted by Crippen LogP contribution is 2.31. The molecule has 1 fully saturated rings. The molecule has 0 unspecified atom stereocenters. The predicted octanol–water partition coefficient (Wildman–Crippen LogP) is -0.000000000000000278. The van der Waals surface area contributed by atoms with E-state index >= 15 is 0 Å². The molecule has 1 aliphatic heterocycles. The van der Waals surface area contributed by atoms with Gasteiger partial charge in [-0.1, -0.05) is 11.6 Å². The van der Waals surface area contributed by atoms with Crippen LogP contribution < -0.4 is 4.74 Å². The molecule has 2 heterocycles. The minimum atomic E-state index is -1.48. The van der Waals surface area contributed by atoms with Crippen LogP contribution >= 0.6 is 11.6 Å². The van der Waals surface area contributed by atoms with Crippen molar-refractivity contribution >= 4 is 22.5 Å². The summed E-state index contributed by atoms with van der Waals surface area (Å²) < 4.78 is 10.9. The minimum absolute atomic E-state index is 0.399.